The van der Waals surface area contributed by atoms with Crippen LogP contribution in [0.4, 0.5) is 0 Å². The molecule has 6 heteroatoms. The number of rotatable bonds is 6. The van der Waals surface area contributed by atoms with Gasteiger partial charge >= 0.3 is 5.97 Å². The SMILES string of the molecule is CSC(CO)C(C)NC(=O)[C@@H]1CC[C@H](C(=O)O)C1. The summed E-state index contributed by atoms with van der Waals surface area (Å²) < 4.78 is 0. The van der Waals surface area contributed by atoms with Crippen LogP contribution in [0, 0.1) is 11.8 Å². The van der Waals surface area contributed by atoms with Crippen molar-refractivity contribution < 1.29 is 19.8 Å². The number of hydrogen-bond donors (Lipinski definition) is 3. The molecule has 1 amide bonds. The lowest BCUT2D eigenvalue weighted by Crippen LogP contribution is -2.43. The number of amides is 1. The van der Waals surface area contributed by atoms with Gasteiger partial charge in [-0.25, -0.2) is 0 Å². The largest absolute Gasteiger partial charge is 0.481 e. The molecule has 2 unspecified atom stereocenters. The van der Waals surface area contributed by atoms with Gasteiger partial charge in [-0.05, 0) is 32.4 Å². The number of nitrogens with one attached hydrogen (secondary N) is 1. The Labute approximate surface area is 111 Å². The molecule has 5 nitrogen and oxygen atoms in total. The van der Waals surface area contributed by atoms with E-state index in [1.54, 1.807) is 0 Å². The van der Waals surface area contributed by atoms with E-state index in [9.17, 15) is 9.59 Å². The molecular formula is C12H21NO4S. The van der Waals surface area contributed by atoms with Gasteiger partial charge in [0.15, 0.2) is 0 Å². The normalized spacial score (nSPS) is 26.6. The number of hydrogen-bond acceptors (Lipinski definition) is 4. The molecule has 0 aromatic heterocycles. The zero-order chi connectivity index (χ0) is 13.7. The van der Waals surface area contributed by atoms with E-state index < -0.39 is 5.97 Å². The van der Waals surface area contributed by atoms with Crippen molar-refractivity contribution in [2.45, 2.75) is 37.5 Å². The summed E-state index contributed by atoms with van der Waals surface area (Å²) >= 11 is 1.51. The molecule has 1 saturated carbocycles. The highest BCUT2D eigenvalue weighted by Crippen LogP contribution is 2.31. The lowest BCUT2D eigenvalue weighted by atomic mass is 10.0. The molecule has 4 atom stereocenters. The highest BCUT2D eigenvalue weighted by Gasteiger charge is 2.34. The molecule has 0 aliphatic heterocycles. The van der Waals surface area contributed by atoms with Crippen LogP contribution in [-0.2, 0) is 9.59 Å². The third-order valence-electron chi connectivity index (χ3n) is 3.56. The zero-order valence-corrected chi connectivity index (χ0v) is 11.6. The number of aliphatic carboxylic acids is 1. The summed E-state index contributed by atoms with van der Waals surface area (Å²) in [6, 6.07) is -0.110. The van der Waals surface area contributed by atoms with Crippen LogP contribution in [0.5, 0.6) is 0 Å². The molecule has 0 aromatic carbocycles. The van der Waals surface area contributed by atoms with Crippen molar-refractivity contribution in [2.24, 2.45) is 11.8 Å². The monoisotopic (exact) mass is 275 g/mol. The second kappa shape index (κ2) is 6.99. The third-order valence-corrected chi connectivity index (χ3v) is 4.73. The van der Waals surface area contributed by atoms with Crippen LogP contribution in [0.15, 0.2) is 0 Å². The Kier molecular flexibility index (Phi) is 5.95. The van der Waals surface area contributed by atoms with Gasteiger partial charge in [-0.2, -0.15) is 11.8 Å². The first kappa shape index (κ1) is 15.3. The van der Waals surface area contributed by atoms with Crippen LogP contribution in [-0.4, -0.2) is 46.2 Å². The Morgan fingerprint density at radius 1 is 1.39 bits per heavy atom. The maximum Gasteiger partial charge on any atom is 0.306 e. The molecule has 3 N–H and O–H groups in total. The predicted octanol–water partition coefficient (Wildman–Crippen LogP) is 0.716. The van der Waals surface area contributed by atoms with Gasteiger partial charge in [0.1, 0.15) is 0 Å². The van der Waals surface area contributed by atoms with Gasteiger partial charge in [0.2, 0.25) is 5.91 Å². The smallest absolute Gasteiger partial charge is 0.306 e. The second-order valence-electron chi connectivity index (χ2n) is 4.80. The highest BCUT2D eigenvalue weighted by atomic mass is 32.2. The molecule has 18 heavy (non-hydrogen) atoms. The first-order valence-corrected chi connectivity index (χ1v) is 7.45. The molecule has 1 fully saturated rings. The Morgan fingerprint density at radius 2 is 2.00 bits per heavy atom. The van der Waals surface area contributed by atoms with Crippen molar-refractivity contribution >= 4 is 23.6 Å². The van der Waals surface area contributed by atoms with Gasteiger partial charge in [0.25, 0.3) is 0 Å². The van der Waals surface area contributed by atoms with E-state index >= 15 is 0 Å². The minimum absolute atomic E-state index is 0.0189. The summed E-state index contributed by atoms with van der Waals surface area (Å²) in [4.78, 5) is 22.8. The zero-order valence-electron chi connectivity index (χ0n) is 10.8. The van der Waals surface area contributed by atoms with E-state index in [1.807, 2.05) is 13.2 Å². The van der Waals surface area contributed by atoms with E-state index in [1.165, 1.54) is 11.8 Å². The number of carbonyl (C=O) groups excluding carboxylic acids is 1. The fourth-order valence-corrected chi connectivity index (χ4v) is 2.94. The van der Waals surface area contributed by atoms with Crippen LogP contribution in [0.25, 0.3) is 0 Å². The molecule has 0 saturated heterocycles. The molecule has 0 spiro atoms. The topological polar surface area (TPSA) is 86.6 Å². The van der Waals surface area contributed by atoms with Crippen molar-refractivity contribution in [1.29, 1.82) is 0 Å². The summed E-state index contributed by atoms with van der Waals surface area (Å²) in [5.74, 6) is -1.48. The van der Waals surface area contributed by atoms with Crippen molar-refractivity contribution in [3.8, 4) is 0 Å². The number of aliphatic hydroxyl groups is 1. The van der Waals surface area contributed by atoms with Crippen molar-refractivity contribution in [3.63, 3.8) is 0 Å². The Hall–Kier alpha value is -0.750. The van der Waals surface area contributed by atoms with Crippen LogP contribution in [0.1, 0.15) is 26.2 Å². The number of aliphatic hydroxyl groups excluding tert-OH is 1. The van der Waals surface area contributed by atoms with Gasteiger partial charge < -0.3 is 15.5 Å². The Bertz CT molecular complexity index is 306. The fourth-order valence-electron chi connectivity index (χ4n) is 2.32. The minimum atomic E-state index is -0.810. The van der Waals surface area contributed by atoms with Crippen molar-refractivity contribution in [3.05, 3.63) is 0 Å². The second-order valence-corrected chi connectivity index (χ2v) is 5.88. The highest BCUT2D eigenvalue weighted by molar-refractivity contribution is 7.99. The first-order valence-electron chi connectivity index (χ1n) is 6.16. The summed E-state index contributed by atoms with van der Waals surface area (Å²) in [6.45, 7) is 1.88. The van der Waals surface area contributed by atoms with E-state index in [-0.39, 0.29) is 35.6 Å². The van der Waals surface area contributed by atoms with Gasteiger partial charge in [-0.1, -0.05) is 0 Å². The number of carbonyl (C=O) groups is 2. The van der Waals surface area contributed by atoms with Gasteiger partial charge in [-0.3, -0.25) is 9.59 Å². The summed E-state index contributed by atoms with van der Waals surface area (Å²) in [5.41, 5.74) is 0. The minimum Gasteiger partial charge on any atom is -0.481 e. The lowest BCUT2D eigenvalue weighted by Gasteiger charge is -2.23. The maximum atomic E-state index is 12.0. The van der Waals surface area contributed by atoms with Crippen LogP contribution >= 0.6 is 11.8 Å². The molecule has 0 heterocycles. The summed E-state index contributed by atoms with van der Waals surface area (Å²) in [6.07, 6.45) is 3.53. The Morgan fingerprint density at radius 3 is 2.44 bits per heavy atom. The summed E-state index contributed by atoms with van der Waals surface area (Å²) in [5, 5.41) is 20.9. The Balaban J connectivity index is 2.44. The maximum absolute atomic E-state index is 12.0. The average Bonchev–Trinajstić information content (AvgIpc) is 2.79. The molecule has 0 radical (unpaired) electrons. The van der Waals surface area contributed by atoms with Crippen LogP contribution in [0.2, 0.25) is 0 Å². The van der Waals surface area contributed by atoms with Crippen LogP contribution < -0.4 is 5.32 Å². The molecule has 0 bridgehead atoms. The number of thioether (sulfide) groups is 1. The standard InChI is InChI=1S/C12H21NO4S/c1-7(10(6-14)18-2)13-11(15)8-3-4-9(5-8)12(16)17/h7-10,14H,3-6H2,1-2H3,(H,13,15)(H,16,17)/t7?,8-,9+,10?/m1/s1. The lowest BCUT2D eigenvalue weighted by molar-refractivity contribution is -0.141. The molecular weight excluding hydrogens is 254 g/mol. The first-order chi connectivity index (χ1) is 8.49. The molecule has 1 aliphatic rings. The third kappa shape index (κ3) is 3.88. The quantitative estimate of drug-likeness (QED) is 0.665. The van der Waals surface area contributed by atoms with E-state index in [0.717, 1.165) is 0 Å². The van der Waals surface area contributed by atoms with Crippen molar-refractivity contribution in [2.75, 3.05) is 12.9 Å². The predicted molar refractivity (Wildman–Crippen MR) is 70.5 cm³/mol. The van der Waals surface area contributed by atoms with Gasteiger partial charge in [0, 0.05) is 17.2 Å². The van der Waals surface area contributed by atoms with Gasteiger partial charge in [-0.15, -0.1) is 0 Å². The molecule has 0 aromatic rings. The van der Waals surface area contributed by atoms with E-state index in [2.05, 4.69) is 5.32 Å². The van der Waals surface area contributed by atoms with Gasteiger partial charge in [0.05, 0.1) is 12.5 Å². The summed E-state index contributed by atoms with van der Waals surface area (Å²) in [7, 11) is 0. The van der Waals surface area contributed by atoms with E-state index in [4.69, 9.17) is 10.2 Å². The van der Waals surface area contributed by atoms with Crippen LogP contribution in [0.3, 0.4) is 0 Å². The molecule has 104 valence electrons. The number of carboxylic acids is 1. The molecule has 1 rings (SSSR count). The fraction of sp³-hybridized carbons (Fsp3) is 0.833. The number of carboxylic acid groups (broad SMARTS) is 1. The van der Waals surface area contributed by atoms with E-state index in [0.29, 0.717) is 19.3 Å². The van der Waals surface area contributed by atoms with Crippen molar-refractivity contribution in [1.82, 2.24) is 5.32 Å². The molecule has 1 aliphatic carbocycles. The average molecular weight is 275 g/mol.